The van der Waals surface area contributed by atoms with Crippen LogP contribution in [0.2, 0.25) is 0 Å². The third-order valence-corrected chi connectivity index (χ3v) is 4.00. The normalized spacial score (nSPS) is 25.6. The van der Waals surface area contributed by atoms with Crippen LogP contribution in [0.4, 0.5) is 8.78 Å². The Labute approximate surface area is 119 Å². The van der Waals surface area contributed by atoms with E-state index in [2.05, 4.69) is 18.7 Å². The number of likely N-dealkylation sites (tertiary alicyclic amines) is 1. The van der Waals surface area contributed by atoms with Gasteiger partial charge in [0.05, 0.1) is 6.10 Å². The third-order valence-electron chi connectivity index (χ3n) is 4.00. The van der Waals surface area contributed by atoms with Gasteiger partial charge in [-0.25, -0.2) is 8.78 Å². The summed E-state index contributed by atoms with van der Waals surface area (Å²) >= 11 is 0. The smallest absolute Gasteiger partial charge is 0.164 e. The average Bonchev–Trinajstić information content (AvgIpc) is 2.38. The molecule has 0 radical (unpaired) electrons. The SMILES string of the molecule is CC1CC(C)CN(CCC(O)c2cccc(F)c2F)C1. The Morgan fingerprint density at radius 1 is 1.25 bits per heavy atom. The quantitative estimate of drug-likeness (QED) is 0.916. The molecule has 1 N–H and O–H groups in total. The molecule has 0 amide bonds. The van der Waals surface area contributed by atoms with Crippen LogP contribution in [0.5, 0.6) is 0 Å². The van der Waals surface area contributed by atoms with Crippen LogP contribution in [0.15, 0.2) is 18.2 Å². The van der Waals surface area contributed by atoms with E-state index in [-0.39, 0.29) is 5.56 Å². The first-order valence-electron chi connectivity index (χ1n) is 7.31. The number of halogens is 2. The van der Waals surface area contributed by atoms with Gasteiger partial charge < -0.3 is 10.0 Å². The van der Waals surface area contributed by atoms with Crippen molar-refractivity contribution >= 4 is 0 Å². The van der Waals surface area contributed by atoms with Gasteiger partial charge in [-0.05, 0) is 30.7 Å². The molecule has 3 atom stereocenters. The number of piperidine rings is 1. The maximum absolute atomic E-state index is 13.6. The van der Waals surface area contributed by atoms with E-state index in [1.54, 1.807) is 0 Å². The monoisotopic (exact) mass is 283 g/mol. The Hall–Kier alpha value is -1.00. The second-order valence-electron chi connectivity index (χ2n) is 6.15. The highest BCUT2D eigenvalue weighted by Crippen LogP contribution is 2.25. The predicted octanol–water partition coefficient (Wildman–Crippen LogP) is 3.37. The van der Waals surface area contributed by atoms with Gasteiger partial charge in [-0.1, -0.05) is 26.0 Å². The van der Waals surface area contributed by atoms with Crippen LogP contribution in [-0.2, 0) is 0 Å². The molecule has 0 bridgehead atoms. The molecule has 20 heavy (non-hydrogen) atoms. The minimum absolute atomic E-state index is 0.0584. The fourth-order valence-corrected chi connectivity index (χ4v) is 3.21. The van der Waals surface area contributed by atoms with Gasteiger partial charge in [-0.2, -0.15) is 0 Å². The molecular weight excluding hydrogens is 260 g/mol. The maximum Gasteiger partial charge on any atom is 0.164 e. The molecule has 4 heteroatoms. The molecule has 1 fully saturated rings. The summed E-state index contributed by atoms with van der Waals surface area (Å²) in [4.78, 5) is 2.30. The first kappa shape index (κ1) is 15.4. The summed E-state index contributed by atoms with van der Waals surface area (Å²) in [5.41, 5.74) is 0.0584. The topological polar surface area (TPSA) is 23.5 Å². The molecule has 1 aliphatic heterocycles. The number of aliphatic hydroxyl groups is 1. The molecule has 1 saturated heterocycles. The van der Waals surface area contributed by atoms with Crippen molar-refractivity contribution in [1.82, 2.24) is 4.90 Å². The average molecular weight is 283 g/mol. The summed E-state index contributed by atoms with van der Waals surface area (Å²) in [6.07, 6.45) is 0.718. The van der Waals surface area contributed by atoms with Crippen molar-refractivity contribution in [2.24, 2.45) is 11.8 Å². The van der Waals surface area contributed by atoms with Crippen LogP contribution in [0, 0.1) is 23.5 Å². The van der Waals surface area contributed by atoms with Crippen LogP contribution < -0.4 is 0 Å². The van der Waals surface area contributed by atoms with Gasteiger partial charge in [0, 0.05) is 25.2 Å². The Balaban J connectivity index is 1.91. The summed E-state index contributed by atoms with van der Waals surface area (Å²) < 4.78 is 26.7. The van der Waals surface area contributed by atoms with Gasteiger partial charge in [0.2, 0.25) is 0 Å². The van der Waals surface area contributed by atoms with E-state index in [4.69, 9.17) is 0 Å². The molecule has 2 nitrogen and oxygen atoms in total. The van der Waals surface area contributed by atoms with E-state index >= 15 is 0 Å². The van der Waals surface area contributed by atoms with Gasteiger partial charge in [-0.15, -0.1) is 0 Å². The summed E-state index contributed by atoms with van der Waals surface area (Å²) in [6, 6.07) is 3.95. The molecule has 2 rings (SSSR count). The molecule has 0 aliphatic carbocycles. The van der Waals surface area contributed by atoms with Crippen LogP contribution in [0.3, 0.4) is 0 Å². The van der Waals surface area contributed by atoms with Crippen LogP contribution in [0.1, 0.15) is 38.4 Å². The molecular formula is C16H23F2NO. The highest BCUT2D eigenvalue weighted by Gasteiger charge is 2.23. The highest BCUT2D eigenvalue weighted by molar-refractivity contribution is 5.21. The summed E-state index contributed by atoms with van der Waals surface area (Å²) in [5, 5.41) is 10.1. The maximum atomic E-state index is 13.6. The van der Waals surface area contributed by atoms with Crippen molar-refractivity contribution in [2.45, 2.75) is 32.8 Å². The Kier molecular flexibility index (Phi) is 5.11. The number of aliphatic hydroxyl groups excluding tert-OH is 1. The van der Waals surface area contributed by atoms with E-state index < -0.39 is 17.7 Å². The molecule has 1 aromatic rings. The first-order valence-corrected chi connectivity index (χ1v) is 7.31. The van der Waals surface area contributed by atoms with Crippen molar-refractivity contribution in [3.8, 4) is 0 Å². The van der Waals surface area contributed by atoms with Gasteiger partial charge in [0.15, 0.2) is 11.6 Å². The third kappa shape index (κ3) is 3.76. The Bertz CT molecular complexity index is 442. The molecule has 1 aliphatic rings. The minimum Gasteiger partial charge on any atom is -0.388 e. The molecule has 3 unspecified atom stereocenters. The number of nitrogens with zero attached hydrogens (tertiary/aromatic N) is 1. The highest BCUT2D eigenvalue weighted by atomic mass is 19.2. The lowest BCUT2D eigenvalue weighted by molar-refractivity contribution is 0.101. The van der Waals surface area contributed by atoms with Gasteiger partial charge in [-0.3, -0.25) is 0 Å². The minimum atomic E-state index is -0.946. The van der Waals surface area contributed by atoms with E-state index in [0.717, 1.165) is 19.2 Å². The molecule has 0 saturated carbocycles. The van der Waals surface area contributed by atoms with E-state index in [0.29, 0.717) is 24.8 Å². The number of benzene rings is 1. The Morgan fingerprint density at radius 2 is 1.90 bits per heavy atom. The Morgan fingerprint density at radius 3 is 2.55 bits per heavy atom. The summed E-state index contributed by atoms with van der Waals surface area (Å²) in [6.45, 7) is 7.20. The van der Waals surface area contributed by atoms with Crippen LogP contribution in [0.25, 0.3) is 0 Å². The largest absolute Gasteiger partial charge is 0.388 e. The van der Waals surface area contributed by atoms with E-state index in [9.17, 15) is 13.9 Å². The molecule has 112 valence electrons. The zero-order chi connectivity index (χ0) is 14.7. The van der Waals surface area contributed by atoms with E-state index in [1.807, 2.05) is 0 Å². The lowest BCUT2D eigenvalue weighted by Gasteiger charge is -2.35. The molecule has 0 spiro atoms. The second kappa shape index (κ2) is 6.64. The van der Waals surface area contributed by atoms with Gasteiger partial charge in [0.25, 0.3) is 0 Å². The fraction of sp³-hybridized carbons (Fsp3) is 0.625. The molecule has 1 aromatic carbocycles. The lowest BCUT2D eigenvalue weighted by Crippen LogP contribution is -2.39. The molecule has 1 heterocycles. The second-order valence-corrected chi connectivity index (χ2v) is 6.15. The van der Waals surface area contributed by atoms with Crippen molar-refractivity contribution in [1.29, 1.82) is 0 Å². The predicted molar refractivity (Wildman–Crippen MR) is 75.3 cm³/mol. The zero-order valence-electron chi connectivity index (χ0n) is 12.1. The standard InChI is InChI=1S/C16H23F2NO/c1-11-8-12(2)10-19(9-11)7-6-15(20)13-4-3-5-14(17)16(13)18/h3-5,11-12,15,20H,6-10H2,1-2H3. The van der Waals surface area contributed by atoms with Gasteiger partial charge in [0.1, 0.15) is 0 Å². The summed E-state index contributed by atoms with van der Waals surface area (Å²) in [7, 11) is 0. The number of hydrogen-bond donors (Lipinski definition) is 1. The fourth-order valence-electron chi connectivity index (χ4n) is 3.21. The zero-order valence-corrected chi connectivity index (χ0v) is 12.1. The van der Waals surface area contributed by atoms with E-state index in [1.165, 1.54) is 18.6 Å². The first-order chi connectivity index (χ1) is 9.47. The van der Waals surface area contributed by atoms with Crippen LogP contribution in [-0.4, -0.2) is 29.6 Å². The number of hydrogen-bond acceptors (Lipinski definition) is 2. The van der Waals surface area contributed by atoms with Crippen molar-refractivity contribution in [2.75, 3.05) is 19.6 Å². The van der Waals surface area contributed by atoms with Crippen molar-refractivity contribution < 1.29 is 13.9 Å². The summed E-state index contributed by atoms with van der Waals surface area (Å²) in [5.74, 6) is -0.522. The molecule has 0 aromatic heterocycles. The van der Waals surface area contributed by atoms with Crippen LogP contribution >= 0.6 is 0 Å². The van der Waals surface area contributed by atoms with Gasteiger partial charge >= 0.3 is 0 Å². The lowest BCUT2D eigenvalue weighted by atomic mass is 9.91. The van der Waals surface area contributed by atoms with Crippen molar-refractivity contribution in [3.63, 3.8) is 0 Å². The number of rotatable bonds is 4. The van der Waals surface area contributed by atoms with Crippen molar-refractivity contribution in [3.05, 3.63) is 35.4 Å².